The van der Waals surface area contributed by atoms with Gasteiger partial charge in [0.25, 0.3) is 5.56 Å². The fourth-order valence-corrected chi connectivity index (χ4v) is 4.66. The van der Waals surface area contributed by atoms with Crippen molar-refractivity contribution in [3.05, 3.63) is 58.9 Å². The number of nitrogens with zero attached hydrogens (tertiary/aromatic N) is 3. The molecule has 1 aliphatic heterocycles. The Hall–Kier alpha value is -3.90. The highest BCUT2D eigenvalue weighted by molar-refractivity contribution is 7.90. The first kappa shape index (κ1) is 21.9. The highest BCUT2D eigenvalue weighted by atomic mass is 32.2. The number of hydrogen-bond donors (Lipinski definition) is 4. The number of para-hydroxylation sites is 1. The van der Waals surface area contributed by atoms with Crippen molar-refractivity contribution in [1.29, 1.82) is 0 Å². The summed E-state index contributed by atoms with van der Waals surface area (Å²) in [5.74, 6) is 1.81. The van der Waals surface area contributed by atoms with Gasteiger partial charge in [0.2, 0.25) is 0 Å². The molecule has 1 aromatic carbocycles. The monoisotopic (exact) mass is 481 g/mol. The minimum atomic E-state index is -3.49. The Kier molecular flexibility index (Phi) is 5.46. The van der Waals surface area contributed by atoms with Gasteiger partial charge in [0, 0.05) is 32.5 Å². The summed E-state index contributed by atoms with van der Waals surface area (Å²) >= 11 is 0. The van der Waals surface area contributed by atoms with E-state index in [9.17, 15) is 13.2 Å². The number of sulfone groups is 1. The summed E-state index contributed by atoms with van der Waals surface area (Å²) in [4.78, 5) is 23.8. The molecule has 4 N–H and O–H groups in total. The van der Waals surface area contributed by atoms with Crippen LogP contribution in [0.25, 0.3) is 11.0 Å². The van der Waals surface area contributed by atoms with Crippen LogP contribution < -0.4 is 21.1 Å². The molecule has 176 valence electrons. The smallest absolute Gasteiger partial charge is 0.275 e. The highest BCUT2D eigenvalue weighted by Gasteiger charge is 2.27. The zero-order valence-electron chi connectivity index (χ0n) is 18.5. The molecule has 34 heavy (non-hydrogen) atoms. The maximum Gasteiger partial charge on any atom is 0.275 e. The lowest BCUT2D eigenvalue weighted by molar-refractivity contribution is 0.0783. The molecule has 0 atom stereocenters. The van der Waals surface area contributed by atoms with Gasteiger partial charge in [-0.05, 0) is 24.3 Å². The highest BCUT2D eigenvalue weighted by Crippen LogP contribution is 2.30. The third-order valence-electron chi connectivity index (χ3n) is 5.59. The van der Waals surface area contributed by atoms with Crippen LogP contribution in [-0.4, -0.2) is 61.1 Å². The van der Waals surface area contributed by atoms with E-state index in [0.29, 0.717) is 28.7 Å². The number of anilines is 5. The molecule has 0 radical (unpaired) electrons. The maximum atomic E-state index is 12.4. The van der Waals surface area contributed by atoms with Crippen LogP contribution in [0, 0.1) is 0 Å². The van der Waals surface area contributed by atoms with Crippen LogP contribution >= 0.6 is 0 Å². The van der Waals surface area contributed by atoms with Gasteiger partial charge in [-0.3, -0.25) is 15.0 Å². The lowest BCUT2D eigenvalue weighted by Crippen LogP contribution is -2.52. The van der Waals surface area contributed by atoms with Gasteiger partial charge in [0.05, 0.1) is 22.4 Å². The Balaban J connectivity index is 1.49. The zero-order valence-corrected chi connectivity index (χ0v) is 19.3. The molecule has 4 aromatic rings. The Morgan fingerprint density at radius 3 is 2.56 bits per heavy atom. The van der Waals surface area contributed by atoms with Gasteiger partial charge in [0.15, 0.2) is 15.5 Å². The number of pyridine rings is 2. The van der Waals surface area contributed by atoms with E-state index in [1.165, 1.54) is 6.07 Å². The Morgan fingerprint density at radius 2 is 1.79 bits per heavy atom. The first-order valence-corrected chi connectivity index (χ1v) is 12.4. The average molecular weight is 482 g/mol. The first-order valence-electron chi connectivity index (χ1n) is 10.5. The van der Waals surface area contributed by atoms with Crippen LogP contribution in [0.3, 0.4) is 0 Å². The molecule has 1 aliphatic rings. The molecule has 0 bridgehead atoms. The minimum absolute atomic E-state index is 0.125. The second kappa shape index (κ2) is 8.47. The van der Waals surface area contributed by atoms with Gasteiger partial charge in [-0.2, -0.15) is 0 Å². The van der Waals surface area contributed by atoms with Crippen LogP contribution in [0.5, 0.6) is 0 Å². The second-order valence-electron chi connectivity index (χ2n) is 8.02. The van der Waals surface area contributed by atoms with Crippen molar-refractivity contribution < 1.29 is 13.2 Å². The van der Waals surface area contributed by atoms with Crippen molar-refractivity contribution in [2.45, 2.75) is 11.0 Å². The summed E-state index contributed by atoms with van der Waals surface area (Å²) in [6.45, 7) is 1.55. The number of aromatic nitrogens is 4. The van der Waals surface area contributed by atoms with E-state index >= 15 is 0 Å². The first-order chi connectivity index (χ1) is 16.3. The van der Waals surface area contributed by atoms with E-state index in [4.69, 9.17) is 4.74 Å². The van der Waals surface area contributed by atoms with E-state index in [-0.39, 0.29) is 21.9 Å². The number of nitrogens with one attached hydrogen (secondary N) is 4. The summed E-state index contributed by atoms with van der Waals surface area (Å²) in [5, 5.41) is 11.8. The van der Waals surface area contributed by atoms with E-state index in [1.807, 2.05) is 18.2 Å². The average Bonchev–Trinajstić information content (AvgIpc) is 3.14. The van der Waals surface area contributed by atoms with Crippen LogP contribution in [0.2, 0.25) is 0 Å². The molecule has 0 spiro atoms. The summed E-state index contributed by atoms with van der Waals surface area (Å²) in [5.41, 5.74) is 0.692. The molecule has 0 aliphatic carbocycles. The van der Waals surface area contributed by atoms with Crippen molar-refractivity contribution in [3.63, 3.8) is 0 Å². The quantitative estimate of drug-likeness (QED) is 0.312. The van der Waals surface area contributed by atoms with E-state index in [1.54, 1.807) is 31.4 Å². The third-order valence-corrected chi connectivity index (χ3v) is 6.75. The molecule has 3 aromatic heterocycles. The van der Waals surface area contributed by atoms with Crippen LogP contribution in [0.1, 0.15) is 0 Å². The molecular formula is C22H23N7O4S. The van der Waals surface area contributed by atoms with Crippen molar-refractivity contribution in [3.8, 4) is 0 Å². The van der Waals surface area contributed by atoms with Crippen molar-refractivity contribution >= 4 is 49.7 Å². The predicted octanol–water partition coefficient (Wildman–Crippen LogP) is 2.37. The summed E-state index contributed by atoms with van der Waals surface area (Å²) in [6, 6.07) is 13.8. The second-order valence-corrected chi connectivity index (χ2v) is 10.0. The topological polar surface area (TPSA) is 145 Å². The number of H-pyrrole nitrogens is 2. The van der Waals surface area contributed by atoms with E-state index < -0.39 is 9.84 Å². The SMILES string of the molecule is COC1CN(c2cccc(Nc3cc(Nc4ccccc4S(C)(=O)=O)c4c(=O)[nH][nH]c4n3)n2)C1. The summed E-state index contributed by atoms with van der Waals surface area (Å²) < 4.78 is 29.8. The number of benzene rings is 1. The van der Waals surface area contributed by atoms with Crippen LogP contribution in [0.15, 0.2) is 58.2 Å². The van der Waals surface area contributed by atoms with Gasteiger partial charge >= 0.3 is 0 Å². The summed E-state index contributed by atoms with van der Waals surface area (Å²) in [6.07, 6.45) is 1.34. The van der Waals surface area contributed by atoms with Gasteiger partial charge in [0.1, 0.15) is 22.8 Å². The molecule has 5 rings (SSSR count). The van der Waals surface area contributed by atoms with E-state index in [0.717, 1.165) is 25.2 Å². The molecular weight excluding hydrogens is 458 g/mol. The number of rotatable bonds is 7. The molecule has 0 saturated carbocycles. The lowest BCUT2D eigenvalue weighted by atomic mass is 10.1. The number of hydrogen-bond acceptors (Lipinski definition) is 9. The maximum absolute atomic E-state index is 12.4. The van der Waals surface area contributed by atoms with Gasteiger partial charge in [-0.25, -0.2) is 18.4 Å². The zero-order chi connectivity index (χ0) is 23.9. The Bertz CT molecular complexity index is 1520. The van der Waals surface area contributed by atoms with Crippen molar-refractivity contribution in [1.82, 2.24) is 20.2 Å². The number of ether oxygens (including phenoxy) is 1. The third kappa shape index (κ3) is 4.20. The molecule has 12 heteroatoms. The number of fused-ring (bicyclic) bond motifs is 1. The normalized spacial score (nSPS) is 14.2. The summed E-state index contributed by atoms with van der Waals surface area (Å²) in [7, 11) is -1.79. The van der Waals surface area contributed by atoms with Crippen molar-refractivity contribution in [2.24, 2.45) is 0 Å². The fourth-order valence-electron chi connectivity index (χ4n) is 3.82. The minimum Gasteiger partial charge on any atom is -0.378 e. The fraction of sp³-hybridized carbons (Fsp3) is 0.227. The molecule has 1 fully saturated rings. The number of aromatic amines is 2. The Morgan fingerprint density at radius 1 is 1.00 bits per heavy atom. The lowest BCUT2D eigenvalue weighted by Gasteiger charge is -2.39. The van der Waals surface area contributed by atoms with Gasteiger partial charge < -0.3 is 20.3 Å². The van der Waals surface area contributed by atoms with Gasteiger partial charge in [-0.1, -0.05) is 18.2 Å². The molecule has 0 unspecified atom stereocenters. The van der Waals surface area contributed by atoms with Crippen LogP contribution in [0.4, 0.5) is 28.8 Å². The molecule has 11 nitrogen and oxygen atoms in total. The van der Waals surface area contributed by atoms with Crippen LogP contribution in [-0.2, 0) is 14.6 Å². The van der Waals surface area contributed by atoms with E-state index in [2.05, 4.69) is 35.7 Å². The molecule has 0 amide bonds. The molecule has 4 heterocycles. The van der Waals surface area contributed by atoms with Gasteiger partial charge in [-0.15, -0.1) is 0 Å². The molecule has 1 saturated heterocycles. The predicted molar refractivity (Wildman–Crippen MR) is 130 cm³/mol. The number of methoxy groups -OCH3 is 1. The Labute approximate surface area is 195 Å². The standard InChI is InChI=1S/C22H23N7O4S/c1-33-13-11-29(12-13)19-9-5-8-17(25-19)24-18-10-15(20-21(26-18)27-28-22(20)30)23-14-6-3-4-7-16(14)34(2,31)32/h3-10,13H,11-12H2,1-2H3,(H4,23,24,25,26,27,28,30). The van der Waals surface area contributed by atoms with Crippen molar-refractivity contribution in [2.75, 3.05) is 42.0 Å². The largest absolute Gasteiger partial charge is 0.378 e.